The van der Waals surface area contributed by atoms with E-state index in [-0.39, 0.29) is 11.9 Å². The Balaban J connectivity index is 2.46. The SMILES string of the molecule is CCOc1nc(NC(=O)CC)nc2ccccc12. The topological polar surface area (TPSA) is 64.1 Å². The van der Waals surface area contributed by atoms with Gasteiger partial charge in [0.25, 0.3) is 0 Å². The highest BCUT2D eigenvalue weighted by Crippen LogP contribution is 2.23. The van der Waals surface area contributed by atoms with Gasteiger partial charge in [0.2, 0.25) is 17.7 Å². The molecule has 5 heteroatoms. The molecule has 1 N–H and O–H groups in total. The highest BCUT2D eigenvalue weighted by atomic mass is 16.5. The predicted molar refractivity (Wildman–Crippen MR) is 69.6 cm³/mol. The first-order valence-corrected chi connectivity index (χ1v) is 5.94. The fourth-order valence-electron chi connectivity index (χ4n) is 1.56. The zero-order valence-electron chi connectivity index (χ0n) is 10.4. The van der Waals surface area contributed by atoms with Crippen LogP contribution in [-0.2, 0) is 4.79 Å². The van der Waals surface area contributed by atoms with Gasteiger partial charge >= 0.3 is 0 Å². The van der Waals surface area contributed by atoms with Crippen LogP contribution in [0.1, 0.15) is 20.3 Å². The van der Waals surface area contributed by atoms with Gasteiger partial charge in [-0.25, -0.2) is 4.98 Å². The van der Waals surface area contributed by atoms with Crippen LogP contribution in [0.3, 0.4) is 0 Å². The van der Waals surface area contributed by atoms with Gasteiger partial charge in [-0.2, -0.15) is 4.98 Å². The molecule has 0 aliphatic carbocycles. The lowest BCUT2D eigenvalue weighted by atomic mass is 10.2. The summed E-state index contributed by atoms with van der Waals surface area (Å²) in [5.74, 6) is 0.659. The van der Waals surface area contributed by atoms with E-state index in [0.29, 0.717) is 18.9 Å². The molecule has 1 aromatic carbocycles. The molecule has 0 fully saturated rings. The van der Waals surface area contributed by atoms with Gasteiger partial charge in [0.15, 0.2) is 0 Å². The van der Waals surface area contributed by atoms with Crippen molar-refractivity contribution in [1.82, 2.24) is 9.97 Å². The van der Waals surface area contributed by atoms with Crippen LogP contribution in [0.25, 0.3) is 10.9 Å². The normalized spacial score (nSPS) is 10.3. The van der Waals surface area contributed by atoms with E-state index in [9.17, 15) is 4.79 Å². The van der Waals surface area contributed by atoms with Gasteiger partial charge in [0.1, 0.15) is 0 Å². The number of amides is 1. The summed E-state index contributed by atoms with van der Waals surface area (Å²) >= 11 is 0. The van der Waals surface area contributed by atoms with Crippen LogP contribution in [0.15, 0.2) is 24.3 Å². The lowest BCUT2D eigenvalue weighted by Gasteiger charge is -2.08. The monoisotopic (exact) mass is 245 g/mol. The molecule has 0 spiro atoms. The van der Waals surface area contributed by atoms with Crippen LogP contribution in [-0.4, -0.2) is 22.5 Å². The summed E-state index contributed by atoms with van der Waals surface area (Å²) in [7, 11) is 0. The average Bonchev–Trinajstić information content (AvgIpc) is 2.39. The van der Waals surface area contributed by atoms with Gasteiger partial charge in [-0.15, -0.1) is 0 Å². The van der Waals surface area contributed by atoms with E-state index in [1.807, 2.05) is 31.2 Å². The number of hydrogen-bond acceptors (Lipinski definition) is 4. The van der Waals surface area contributed by atoms with Crippen molar-refractivity contribution in [2.75, 3.05) is 11.9 Å². The third-order valence-corrected chi connectivity index (χ3v) is 2.42. The Hall–Kier alpha value is -2.17. The second-order valence-corrected chi connectivity index (χ2v) is 3.70. The highest BCUT2D eigenvalue weighted by Gasteiger charge is 2.09. The summed E-state index contributed by atoms with van der Waals surface area (Å²) < 4.78 is 5.47. The Morgan fingerprint density at radius 1 is 1.28 bits per heavy atom. The number of aromatic nitrogens is 2. The van der Waals surface area contributed by atoms with Crippen molar-refractivity contribution in [3.8, 4) is 5.88 Å². The fraction of sp³-hybridized carbons (Fsp3) is 0.308. The molecule has 2 aromatic rings. The van der Waals surface area contributed by atoms with Gasteiger partial charge < -0.3 is 4.74 Å². The molecular weight excluding hydrogens is 230 g/mol. The summed E-state index contributed by atoms with van der Waals surface area (Å²) in [5.41, 5.74) is 0.752. The predicted octanol–water partition coefficient (Wildman–Crippen LogP) is 2.38. The minimum Gasteiger partial charge on any atom is -0.477 e. The molecule has 0 aliphatic rings. The van der Waals surface area contributed by atoms with E-state index < -0.39 is 0 Å². The van der Waals surface area contributed by atoms with Crippen LogP contribution in [0, 0.1) is 0 Å². The van der Waals surface area contributed by atoms with Crippen molar-refractivity contribution in [3.05, 3.63) is 24.3 Å². The maximum Gasteiger partial charge on any atom is 0.233 e. The molecule has 0 unspecified atom stereocenters. The summed E-state index contributed by atoms with van der Waals surface area (Å²) in [6, 6.07) is 7.54. The number of carbonyl (C=O) groups excluding carboxylic acids is 1. The Labute approximate surface area is 105 Å². The Morgan fingerprint density at radius 3 is 2.78 bits per heavy atom. The number of ether oxygens (including phenoxy) is 1. The van der Waals surface area contributed by atoms with Crippen molar-refractivity contribution in [2.45, 2.75) is 20.3 Å². The zero-order chi connectivity index (χ0) is 13.0. The lowest BCUT2D eigenvalue weighted by molar-refractivity contribution is -0.115. The van der Waals surface area contributed by atoms with E-state index in [2.05, 4.69) is 15.3 Å². The van der Waals surface area contributed by atoms with Gasteiger partial charge in [-0.3, -0.25) is 10.1 Å². The number of carbonyl (C=O) groups is 1. The molecule has 94 valence electrons. The summed E-state index contributed by atoms with van der Waals surface area (Å²) in [5, 5.41) is 3.48. The second-order valence-electron chi connectivity index (χ2n) is 3.70. The largest absolute Gasteiger partial charge is 0.477 e. The minimum absolute atomic E-state index is 0.118. The smallest absolute Gasteiger partial charge is 0.233 e. The van der Waals surface area contributed by atoms with E-state index in [0.717, 1.165) is 10.9 Å². The molecule has 0 radical (unpaired) electrons. The van der Waals surface area contributed by atoms with Crippen molar-refractivity contribution in [3.63, 3.8) is 0 Å². The third-order valence-electron chi connectivity index (χ3n) is 2.42. The molecule has 0 saturated carbocycles. The zero-order valence-corrected chi connectivity index (χ0v) is 10.4. The maximum absolute atomic E-state index is 11.4. The second kappa shape index (κ2) is 5.44. The van der Waals surface area contributed by atoms with Crippen molar-refractivity contribution >= 4 is 22.8 Å². The van der Waals surface area contributed by atoms with E-state index in [1.165, 1.54) is 0 Å². The fourth-order valence-corrected chi connectivity index (χ4v) is 1.56. The Kier molecular flexibility index (Phi) is 3.72. The number of para-hydroxylation sites is 1. The van der Waals surface area contributed by atoms with Crippen LogP contribution < -0.4 is 10.1 Å². The van der Waals surface area contributed by atoms with Gasteiger partial charge in [0, 0.05) is 6.42 Å². The maximum atomic E-state index is 11.4. The third kappa shape index (κ3) is 2.56. The molecular formula is C13H15N3O2. The molecule has 18 heavy (non-hydrogen) atoms. The van der Waals surface area contributed by atoms with E-state index >= 15 is 0 Å². The number of hydrogen-bond donors (Lipinski definition) is 1. The number of fused-ring (bicyclic) bond motifs is 1. The average molecular weight is 245 g/mol. The highest BCUT2D eigenvalue weighted by molar-refractivity contribution is 5.91. The number of nitrogens with one attached hydrogen (secondary N) is 1. The number of nitrogens with zero attached hydrogens (tertiary/aromatic N) is 2. The van der Waals surface area contributed by atoms with Gasteiger partial charge in [0.05, 0.1) is 17.5 Å². The molecule has 0 saturated heterocycles. The summed E-state index contributed by atoms with van der Waals surface area (Å²) in [4.78, 5) is 19.9. The van der Waals surface area contributed by atoms with Gasteiger partial charge in [-0.05, 0) is 19.1 Å². The molecule has 1 amide bonds. The molecule has 0 atom stereocenters. The number of rotatable bonds is 4. The van der Waals surface area contributed by atoms with Crippen LogP contribution in [0.5, 0.6) is 5.88 Å². The number of anilines is 1. The molecule has 5 nitrogen and oxygen atoms in total. The molecule has 1 aromatic heterocycles. The van der Waals surface area contributed by atoms with Crippen LogP contribution in [0.2, 0.25) is 0 Å². The molecule has 0 aliphatic heterocycles. The van der Waals surface area contributed by atoms with Crippen molar-refractivity contribution in [1.29, 1.82) is 0 Å². The minimum atomic E-state index is -0.118. The first-order chi connectivity index (χ1) is 8.74. The Morgan fingerprint density at radius 2 is 2.06 bits per heavy atom. The quantitative estimate of drug-likeness (QED) is 0.898. The lowest BCUT2D eigenvalue weighted by Crippen LogP contribution is -2.13. The summed E-state index contributed by atoms with van der Waals surface area (Å²) in [6.07, 6.45) is 0.389. The van der Waals surface area contributed by atoms with Crippen LogP contribution in [0.4, 0.5) is 5.95 Å². The number of benzene rings is 1. The first kappa shape index (κ1) is 12.3. The van der Waals surface area contributed by atoms with Crippen molar-refractivity contribution < 1.29 is 9.53 Å². The molecule has 1 heterocycles. The molecule has 0 bridgehead atoms. The summed E-state index contributed by atoms with van der Waals surface area (Å²) in [6.45, 7) is 4.18. The van der Waals surface area contributed by atoms with Crippen molar-refractivity contribution in [2.24, 2.45) is 0 Å². The van der Waals surface area contributed by atoms with E-state index in [1.54, 1.807) is 6.92 Å². The Bertz CT molecular complexity index is 569. The van der Waals surface area contributed by atoms with E-state index in [4.69, 9.17) is 4.74 Å². The standard InChI is InChI=1S/C13H15N3O2/c1-3-11(17)15-13-14-10-8-6-5-7-9(10)12(16-13)18-4-2/h5-8H,3-4H2,1-2H3,(H,14,15,16,17). The molecule has 2 rings (SSSR count). The van der Waals surface area contributed by atoms with Gasteiger partial charge in [-0.1, -0.05) is 19.1 Å². The van der Waals surface area contributed by atoms with Crippen LogP contribution >= 0.6 is 0 Å². The first-order valence-electron chi connectivity index (χ1n) is 5.94.